The molecule has 0 aliphatic heterocycles. The molecule has 2 atom stereocenters. The quantitative estimate of drug-likeness (QED) is 0.730. The summed E-state index contributed by atoms with van der Waals surface area (Å²) in [6.45, 7) is 3.85. The first kappa shape index (κ1) is 17.5. The number of rotatable bonds is 6. The molecule has 1 heterocycles. The normalized spacial score (nSPS) is 14.9. The minimum atomic E-state index is -1.29. The second-order valence-electron chi connectivity index (χ2n) is 6.12. The van der Waals surface area contributed by atoms with Crippen molar-refractivity contribution in [3.63, 3.8) is 0 Å². The van der Waals surface area contributed by atoms with E-state index in [0.29, 0.717) is 10.8 Å². The van der Waals surface area contributed by atoms with Gasteiger partial charge in [-0.05, 0) is 18.1 Å². The first-order valence-electron chi connectivity index (χ1n) is 8.08. The number of para-hydroxylation sites is 1. The fourth-order valence-electron chi connectivity index (χ4n) is 2.81. The van der Waals surface area contributed by atoms with Crippen LogP contribution in [0, 0.1) is 5.92 Å². The lowest BCUT2D eigenvalue weighted by atomic mass is 9.89. The zero-order chi connectivity index (χ0) is 17.9. The van der Waals surface area contributed by atoms with E-state index in [9.17, 15) is 5.11 Å². The van der Waals surface area contributed by atoms with Crippen molar-refractivity contribution in [3.05, 3.63) is 77.8 Å². The molecule has 3 rings (SSSR count). The van der Waals surface area contributed by atoms with Crippen LogP contribution in [0.3, 0.4) is 0 Å². The van der Waals surface area contributed by atoms with Crippen LogP contribution in [0.5, 0.6) is 5.75 Å². The zero-order valence-corrected chi connectivity index (χ0v) is 14.8. The van der Waals surface area contributed by atoms with E-state index in [1.165, 1.54) is 17.3 Å². The maximum Gasteiger partial charge on any atom is 0.255 e. The van der Waals surface area contributed by atoms with E-state index in [-0.39, 0.29) is 5.92 Å². The van der Waals surface area contributed by atoms with Gasteiger partial charge < -0.3 is 9.84 Å². The highest BCUT2D eigenvalue weighted by atomic mass is 35.5. The van der Waals surface area contributed by atoms with Crippen LogP contribution in [0.25, 0.3) is 0 Å². The maximum absolute atomic E-state index is 11.2. The Balaban J connectivity index is 2.23. The van der Waals surface area contributed by atoms with Gasteiger partial charge in [0.15, 0.2) is 0 Å². The van der Waals surface area contributed by atoms with Gasteiger partial charge in [0.25, 0.3) is 5.72 Å². The van der Waals surface area contributed by atoms with Crippen LogP contribution in [0.2, 0.25) is 5.02 Å². The summed E-state index contributed by atoms with van der Waals surface area (Å²) in [7, 11) is 0. The highest BCUT2D eigenvalue weighted by Crippen LogP contribution is 2.38. The summed E-state index contributed by atoms with van der Waals surface area (Å²) < 4.78 is 7.90. The number of halogens is 1. The first-order valence-corrected chi connectivity index (χ1v) is 8.45. The average Bonchev–Trinajstić information content (AvgIpc) is 3.16. The standard InChI is InChI=1S/C19H20ClN3O2/c1-14(2)18(24)19(23-13-21-12-22-23,15-8-4-3-5-9-15)25-17-11-7-6-10-16(17)20/h3-14,18,24H,1-2H3. The number of hydrogen-bond acceptors (Lipinski definition) is 4. The van der Waals surface area contributed by atoms with Gasteiger partial charge >= 0.3 is 0 Å². The molecule has 0 saturated carbocycles. The summed E-state index contributed by atoms with van der Waals surface area (Å²) >= 11 is 6.31. The van der Waals surface area contributed by atoms with E-state index in [2.05, 4.69) is 10.1 Å². The van der Waals surface area contributed by atoms with E-state index < -0.39 is 11.8 Å². The van der Waals surface area contributed by atoms with Crippen molar-refractivity contribution in [1.29, 1.82) is 0 Å². The van der Waals surface area contributed by atoms with Crippen LogP contribution in [0.15, 0.2) is 67.3 Å². The van der Waals surface area contributed by atoms with E-state index in [0.717, 1.165) is 5.56 Å². The molecule has 130 valence electrons. The Kier molecular flexibility index (Phi) is 5.06. The molecule has 1 aromatic heterocycles. The fraction of sp³-hybridized carbons (Fsp3) is 0.263. The molecule has 0 amide bonds. The Morgan fingerprint density at radius 2 is 1.76 bits per heavy atom. The molecule has 6 heteroatoms. The topological polar surface area (TPSA) is 60.2 Å². The van der Waals surface area contributed by atoms with Gasteiger partial charge in [0.2, 0.25) is 0 Å². The van der Waals surface area contributed by atoms with Gasteiger partial charge in [-0.15, -0.1) is 0 Å². The first-order chi connectivity index (χ1) is 12.1. The van der Waals surface area contributed by atoms with E-state index in [1.54, 1.807) is 12.1 Å². The molecule has 3 aromatic rings. The van der Waals surface area contributed by atoms with Crippen molar-refractivity contribution in [1.82, 2.24) is 14.8 Å². The van der Waals surface area contributed by atoms with Crippen LogP contribution >= 0.6 is 11.6 Å². The number of benzene rings is 2. The molecule has 0 aliphatic rings. The van der Waals surface area contributed by atoms with E-state index >= 15 is 0 Å². The number of aliphatic hydroxyl groups excluding tert-OH is 1. The Hall–Kier alpha value is -2.37. The molecular formula is C19H20ClN3O2. The molecule has 5 nitrogen and oxygen atoms in total. The SMILES string of the molecule is CC(C)C(O)C(Oc1ccccc1Cl)(c1ccccc1)n1cncn1. The number of aliphatic hydroxyl groups is 1. The lowest BCUT2D eigenvalue weighted by Gasteiger charge is -2.40. The third kappa shape index (κ3) is 3.25. The number of nitrogens with zero attached hydrogens (tertiary/aromatic N) is 3. The molecule has 0 aliphatic carbocycles. The van der Waals surface area contributed by atoms with Crippen molar-refractivity contribution in [2.45, 2.75) is 25.7 Å². The summed E-state index contributed by atoms with van der Waals surface area (Å²) in [6.07, 6.45) is 2.06. The van der Waals surface area contributed by atoms with Gasteiger partial charge in [-0.25, -0.2) is 9.67 Å². The highest BCUT2D eigenvalue weighted by molar-refractivity contribution is 6.32. The van der Waals surface area contributed by atoms with Crippen LogP contribution in [-0.2, 0) is 5.72 Å². The molecule has 0 radical (unpaired) electrons. The van der Waals surface area contributed by atoms with Gasteiger partial charge in [-0.1, -0.05) is 67.9 Å². The van der Waals surface area contributed by atoms with Crippen molar-refractivity contribution in [2.24, 2.45) is 5.92 Å². The summed E-state index contributed by atoms with van der Waals surface area (Å²) in [4.78, 5) is 4.05. The molecule has 2 aromatic carbocycles. The Morgan fingerprint density at radius 1 is 1.08 bits per heavy atom. The van der Waals surface area contributed by atoms with Crippen LogP contribution in [0.4, 0.5) is 0 Å². The largest absolute Gasteiger partial charge is 0.457 e. The van der Waals surface area contributed by atoms with Crippen LogP contribution in [0.1, 0.15) is 19.4 Å². The second kappa shape index (κ2) is 7.25. The molecule has 0 saturated heterocycles. The van der Waals surface area contributed by atoms with Gasteiger partial charge in [0, 0.05) is 5.56 Å². The molecule has 0 spiro atoms. The third-order valence-corrected chi connectivity index (χ3v) is 4.39. The molecule has 1 N–H and O–H groups in total. The molecule has 0 fully saturated rings. The Morgan fingerprint density at radius 3 is 2.36 bits per heavy atom. The fourth-order valence-corrected chi connectivity index (χ4v) is 2.98. The molecular weight excluding hydrogens is 338 g/mol. The van der Waals surface area contributed by atoms with Gasteiger partial charge in [0.1, 0.15) is 24.5 Å². The molecule has 2 unspecified atom stereocenters. The van der Waals surface area contributed by atoms with Gasteiger partial charge in [0.05, 0.1) is 5.02 Å². The smallest absolute Gasteiger partial charge is 0.255 e. The van der Waals surface area contributed by atoms with Crippen molar-refractivity contribution >= 4 is 11.6 Å². The minimum absolute atomic E-state index is 0.105. The van der Waals surface area contributed by atoms with E-state index in [1.807, 2.05) is 56.3 Å². The summed E-state index contributed by atoms with van der Waals surface area (Å²) in [5, 5.41) is 15.9. The molecule has 0 bridgehead atoms. The monoisotopic (exact) mass is 357 g/mol. The molecule has 25 heavy (non-hydrogen) atoms. The van der Waals surface area contributed by atoms with Crippen molar-refractivity contribution in [3.8, 4) is 5.75 Å². The highest BCUT2D eigenvalue weighted by Gasteiger charge is 2.47. The predicted octanol–water partition coefficient (Wildman–Crippen LogP) is 3.73. The third-order valence-electron chi connectivity index (χ3n) is 4.08. The Bertz CT molecular complexity index is 809. The van der Waals surface area contributed by atoms with Gasteiger partial charge in [-0.2, -0.15) is 5.10 Å². The second-order valence-corrected chi connectivity index (χ2v) is 6.53. The minimum Gasteiger partial charge on any atom is -0.457 e. The summed E-state index contributed by atoms with van der Waals surface area (Å²) in [6, 6.07) is 16.7. The number of hydrogen-bond donors (Lipinski definition) is 1. The van der Waals surface area contributed by atoms with E-state index in [4.69, 9.17) is 16.3 Å². The summed E-state index contributed by atoms with van der Waals surface area (Å²) in [5.74, 6) is 0.357. The lowest BCUT2D eigenvalue weighted by molar-refractivity contribution is -0.109. The van der Waals surface area contributed by atoms with Crippen molar-refractivity contribution in [2.75, 3.05) is 0 Å². The van der Waals surface area contributed by atoms with Crippen molar-refractivity contribution < 1.29 is 9.84 Å². The lowest BCUT2D eigenvalue weighted by Crippen LogP contribution is -2.53. The average molecular weight is 358 g/mol. The number of aromatic nitrogens is 3. The summed E-state index contributed by atoms with van der Waals surface area (Å²) in [5.41, 5.74) is -0.543. The number of ether oxygens (including phenoxy) is 1. The maximum atomic E-state index is 11.2. The van der Waals surface area contributed by atoms with Crippen LogP contribution in [-0.4, -0.2) is 26.0 Å². The van der Waals surface area contributed by atoms with Crippen LogP contribution < -0.4 is 4.74 Å². The van der Waals surface area contributed by atoms with Gasteiger partial charge in [-0.3, -0.25) is 0 Å². The Labute approximate surface area is 151 Å². The predicted molar refractivity (Wildman–Crippen MR) is 96.5 cm³/mol. The zero-order valence-electron chi connectivity index (χ0n) is 14.1.